The van der Waals surface area contributed by atoms with Crippen molar-refractivity contribution in [1.82, 2.24) is 15.1 Å². The van der Waals surface area contributed by atoms with Gasteiger partial charge in [0.25, 0.3) is 5.91 Å². The third kappa shape index (κ3) is 3.41. The molecule has 0 spiro atoms. The van der Waals surface area contributed by atoms with Crippen molar-refractivity contribution in [3.05, 3.63) is 41.6 Å². The summed E-state index contributed by atoms with van der Waals surface area (Å²) < 4.78 is 6.32. The van der Waals surface area contributed by atoms with Gasteiger partial charge in [-0.1, -0.05) is 13.5 Å². The van der Waals surface area contributed by atoms with E-state index in [4.69, 9.17) is 4.74 Å². The SMILES string of the molecule is C=C1CCC(N2Cc3cc(OC4CCCC4N(C)CC)ccc3C2=O)C(=O)N1. The molecule has 1 saturated carbocycles. The van der Waals surface area contributed by atoms with Gasteiger partial charge in [-0.25, -0.2) is 0 Å². The van der Waals surface area contributed by atoms with Crippen LogP contribution in [0.2, 0.25) is 0 Å². The van der Waals surface area contributed by atoms with Gasteiger partial charge < -0.3 is 19.9 Å². The van der Waals surface area contributed by atoms with Gasteiger partial charge in [0.2, 0.25) is 5.91 Å². The largest absolute Gasteiger partial charge is 0.489 e. The maximum atomic E-state index is 12.8. The summed E-state index contributed by atoms with van der Waals surface area (Å²) in [6.07, 6.45) is 4.92. The van der Waals surface area contributed by atoms with Crippen LogP contribution in [0.25, 0.3) is 0 Å². The first-order valence-electron chi connectivity index (χ1n) is 10.3. The number of fused-ring (bicyclic) bond motifs is 1. The van der Waals surface area contributed by atoms with Crippen LogP contribution in [0.5, 0.6) is 5.75 Å². The minimum Gasteiger partial charge on any atom is -0.489 e. The fraction of sp³-hybridized carbons (Fsp3) is 0.545. The lowest BCUT2D eigenvalue weighted by Crippen LogP contribution is -2.49. The highest BCUT2D eigenvalue weighted by molar-refractivity contribution is 6.01. The van der Waals surface area contributed by atoms with Crippen LogP contribution >= 0.6 is 0 Å². The summed E-state index contributed by atoms with van der Waals surface area (Å²) in [7, 11) is 2.15. The second kappa shape index (κ2) is 7.59. The number of ether oxygens (including phenoxy) is 1. The van der Waals surface area contributed by atoms with Crippen LogP contribution in [0.3, 0.4) is 0 Å². The van der Waals surface area contributed by atoms with E-state index in [1.807, 2.05) is 18.2 Å². The van der Waals surface area contributed by atoms with Gasteiger partial charge in [-0.2, -0.15) is 0 Å². The first kappa shape index (κ1) is 19.0. The number of hydrogen-bond acceptors (Lipinski definition) is 4. The average Bonchev–Trinajstić information content (AvgIpc) is 3.26. The lowest BCUT2D eigenvalue weighted by atomic mass is 10.0. The van der Waals surface area contributed by atoms with Crippen molar-refractivity contribution < 1.29 is 14.3 Å². The molecule has 3 atom stereocenters. The zero-order valence-corrected chi connectivity index (χ0v) is 16.7. The molecule has 1 aromatic carbocycles. The van der Waals surface area contributed by atoms with E-state index in [2.05, 4.69) is 30.8 Å². The molecular formula is C22H29N3O3. The molecular weight excluding hydrogens is 354 g/mol. The summed E-state index contributed by atoms with van der Waals surface area (Å²) in [4.78, 5) is 29.2. The van der Waals surface area contributed by atoms with E-state index in [1.165, 1.54) is 6.42 Å². The Morgan fingerprint density at radius 3 is 2.86 bits per heavy atom. The van der Waals surface area contributed by atoms with Gasteiger partial charge in [-0.3, -0.25) is 9.59 Å². The quantitative estimate of drug-likeness (QED) is 0.849. The van der Waals surface area contributed by atoms with Crippen molar-refractivity contribution in [3.63, 3.8) is 0 Å². The van der Waals surface area contributed by atoms with Gasteiger partial charge in [-0.05, 0) is 69.5 Å². The molecule has 1 aromatic rings. The van der Waals surface area contributed by atoms with Crippen molar-refractivity contribution in [2.45, 2.75) is 63.8 Å². The van der Waals surface area contributed by atoms with E-state index >= 15 is 0 Å². The molecule has 6 heteroatoms. The maximum absolute atomic E-state index is 12.8. The van der Waals surface area contributed by atoms with Gasteiger partial charge in [-0.15, -0.1) is 0 Å². The minimum atomic E-state index is -0.424. The van der Waals surface area contributed by atoms with Crippen molar-refractivity contribution in [2.24, 2.45) is 0 Å². The second-order valence-electron chi connectivity index (χ2n) is 8.13. The van der Waals surface area contributed by atoms with Crippen LogP contribution in [-0.2, 0) is 11.3 Å². The lowest BCUT2D eigenvalue weighted by Gasteiger charge is -2.30. The van der Waals surface area contributed by atoms with E-state index < -0.39 is 6.04 Å². The van der Waals surface area contributed by atoms with Crippen molar-refractivity contribution in [2.75, 3.05) is 13.6 Å². The minimum absolute atomic E-state index is 0.0707. The van der Waals surface area contributed by atoms with Crippen LogP contribution in [-0.4, -0.2) is 53.4 Å². The molecule has 0 bridgehead atoms. The number of nitrogens with zero attached hydrogens (tertiary/aromatic N) is 2. The summed E-state index contributed by atoms with van der Waals surface area (Å²) in [6.45, 7) is 7.45. The van der Waals surface area contributed by atoms with E-state index in [9.17, 15) is 9.59 Å². The van der Waals surface area contributed by atoms with Crippen LogP contribution in [0.4, 0.5) is 0 Å². The highest BCUT2D eigenvalue weighted by Crippen LogP contribution is 2.33. The number of benzene rings is 1. The predicted molar refractivity (Wildman–Crippen MR) is 107 cm³/mol. The van der Waals surface area contributed by atoms with E-state index in [0.29, 0.717) is 31.0 Å². The van der Waals surface area contributed by atoms with Crippen molar-refractivity contribution in [3.8, 4) is 5.75 Å². The van der Waals surface area contributed by atoms with Gasteiger partial charge in [0.05, 0.1) is 0 Å². The van der Waals surface area contributed by atoms with Gasteiger partial charge >= 0.3 is 0 Å². The Kier molecular flexibility index (Phi) is 5.15. The summed E-state index contributed by atoms with van der Waals surface area (Å²) in [6, 6.07) is 5.74. The number of piperidine rings is 1. The molecule has 0 radical (unpaired) electrons. The van der Waals surface area contributed by atoms with Crippen LogP contribution in [0.15, 0.2) is 30.5 Å². The van der Waals surface area contributed by atoms with Crippen LogP contribution < -0.4 is 10.1 Å². The Hall–Kier alpha value is -2.34. The second-order valence-corrected chi connectivity index (χ2v) is 8.13. The third-order valence-corrected chi connectivity index (χ3v) is 6.38. The highest BCUT2D eigenvalue weighted by atomic mass is 16.5. The number of carbonyl (C=O) groups excluding carboxylic acids is 2. The van der Waals surface area contributed by atoms with Crippen LogP contribution in [0.1, 0.15) is 54.9 Å². The number of carbonyl (C=O) groups is 2. The zero-order chi connectivity index (χ0) is 19.8. The first-order valence-corrected chi connectivity index (χ1v) is 10.3. The average molecular weight is 383 g/mol. The number of amides is 2. The normalized spacial score (nSPS) is 27.3. The molecule has 1 N–H and O–H groups in total. The van der Waals surface area contributed by atoms with E-state index in [-0.39, 0.29) is 17.9 Å². The molecule has 2 amide bonds. The van der Waals surface area contributed by atoms with Crippen molar-refractivity contribution in [1.29, 1.82) is 0 Å². The van der Waals surface area contributed by atoms with Crippen molar-refractivity contribution >= 4 is 11.8 Å². The van der Waals surface area contributed by atoms with Gasteiger partial charge in [0, 0.05) is 23.8 Å². The molecule has 1 aliphatic carbocycles. The number of allylic oxidation sites excluding steroid dienone is 1. The lowest BCUT2D eigenvalue weighted by molar-refractivity contribution is -0.126. The molecule has 1 saturated heterocycles. The molecule has 28 heavy (non-hydrogen) atoms. The summed E-state index contributed by atoms with van der Waals surface area (Å²) in [5.41, 5.74) is 2.35. The van der Waals surface area contributed by atoms with E-state index in [0.717, 1.165) is 36.4 Å². The molecule has 6 nitrogen and oxygen atoms in total. The fourth-order valence-electron chi connectivity index (χ4n) is 4.66. The predicted octanol–water partition coefficient (Wildman–Crippen LogP) is 2.69. The fourth-order valence-corrected chi connectivity index (χ4v) is 4.66. The Balaban J connectivity index is 1.48. The summed E-state index contributed by atoms with van der Waals surface area (Å²) in [5, 5.41) is 2.78. The molecule has 2 aliphatic heterocycles. The number of rotatable bonds is 5. The smallest absolute Gasteiger partial charge is 0.255 e. The summed E-state index contributed by atoms with van der Waals surface area (Å²) in [5.74, 6) is 0.611. The zero-order valence-electron chi connectivity index (χ0n) is 16.7. The Bertz CT molecular complexity index is 806. The highest BCUT2D eigenvalue weighted by Gasteiger charge is 2.38. The summed E-state index contributed by atoms with van der Waals surface area (Å²) >= 11 is 0. The molecule has 2 fully saturated rings. The molecule has 3 aliphatic rings. The third-order valence-electron chi connectivity index (χ3n) is 6.38. The molecule has 150 valence electrons. The number of likely N-dealkylation sites (N-methyl/N-ethyl adjacent to an activating group) is 1. The number of nitrogens with one attached hydrogen (secondary N) is 1. The number of hydrogen-bond donors (Lipinski definition) is 1. The standard InChI is InChI=1S/C22H29N3O3/c1-4-24(3)18-6-5-7-20(18)28-16-9-10-17-15(12-16)13-25(22(17)27)19-11-8-14(2)23-21(19)26/h9-10,12,18-20H,2,4-8,11,13H2,1,3H3,(H,23,26). The monoisotopic (exact) mass is 383 g/mol. The van der Waals surface area contributed by atoms with Gasteiger partial charge in [0.1, 0.15) is 17.9 Å². The van der Waals surface area contributed by atoms with E-state index in [1.54, 1.807) is 4.90 Å². The Labute approximate surface area is 166 Å². The Morgan fingerprint density at radius 1 is 1.29 bits per heavy atom. The maximum Gasteiger partial charge on any atom is 0.255 e. The topological polar surface area (TPSA) is 61.9 Å². The Morgan fingerprint density at radius 2 is 2.11 bits per heavy atom. The van der Waals surface area contributed by atoms with Gasteiger partial charge in [0.15, 0.2) is 0 Å². The molecule has 3 unspecified atom stereocenters. The van der Waals surface area contributed by atoms with Crippen LogP contribution in [0, 0.1) is 0 Å². The molecule has 4 rings (SSSR count). The molecule has 2 heterocycles. The first-order chi connectivity index (χ1) is 13.5. The molecule has 0 aromatic heterocycles.